The molecule has 0 saturated heterocycles. The molecule has 0 fully saturated rings. The first-order valence-electron chi connectivity index (χ1n) is 7.00. The Morgan fingerprint density at radius 2 is 1.81 bits per heavy atom. The van der Waals surface area contributed by atoms with Crippen LogP contribution in [-0.2, 0) is 5.41 Å². The fraction of sp³-hybridized carbons (Fsp3) is 0.278. The third kappa shape index (κ3) is 3.45. The normalized spacial score (nSPS) is 11.2. The van der Waals surface area contributed by atoms with Gasteiger partial charge in [0.2, 0.25) is 0 Å². The third-order valence-electron chi connectivity index (χ3n) is 3.88. The van der Waals surface area contributed by atoms with Crippen molar-refractivity contribution in [3.63, 3.8) is 0 Å². The van der Waals surface area contributed by atoms with Gasteiger partial charge in [0.05, 0.1) is 10.6 Å². The lowest BCUT2D eigenvalue weighted by atomic mass is 9.82. The van der Waals surface area contributed by atoms with E-state index in [4.69, 9.17) is 16.3 Å². The molecule has 0 radical (unpaired) electrons. The Hall–Kier alpha value is -1.80. The molecular weight excluding hydrogens is 284 g/mol. The highest BCUT2D eigenvalue weighted by atomic mass is 35.5. The van der Waals surface area contributed by atoms with E-state index in [1.165, 1.54) is 5.56 Å². The summed E-state index contributed by atoms with van der Waals surface area (Å²) in [6, 6.07) is 13.1. The van der Waals surface area contributed by atoms with Gasteiger partial charge in [0.15, 0.2) is 6.29 Å². The van der Waals surface area contributed by atoms with E-state index in [9.17, 15) is 4.79 Å². The molecule has 0 unspecified atom stereocenters. The molecular formula is C18H19ClO2. The molecule has 110 valence electrons. The van der Waals surface area contributed by atoms with Crippen molar-refractivity contribution in [2.24, 2.45) is 0 Å². The average Bonchev–Trinajstić information content (AvgIpc) is 2.48. The molecule has 2 rings (SSSR count). The molecule has 0 heterocycles. The lowest BCUT2D eigenvalue weighted by Gasteiger charge is -2.23. The van der Waals surface area contributed by atoms with E-state index >= 15 is 0 Å². The second-order valence-corrected chi connectivity index (χ2v) is 6.04. The number of hydrogen-bond donors (Lipinski definition) is 0. The first kappa shape index (κ1) is 15.6. The molecule has 0 spiro atoms. The van der Waals surface area contributed by atoms with Gasteiger partial charge in [-0.2, -0.15) is 0 Å². The average molecular weight is 303 g/mol. The summed E-state index contributed by atoms with van der Waals surface area (Å²) in [7, 11) is 0. The largest absolute Gasteiger partial charge is 0.457 e. The zero-order valence-corrected chi connectivity index (χ0v) is 13.3. The first-order chi connectivity index (χ1) is 9.97. The lowest BCUT2D eigenvalue weighted by Crippen LogP contribution is -2.14. The molecule has 0 aromatic heterocycles. The standard InChI is InChI=1S/C18H19ClO2/c1-4-18(2,3)13-8-10-14(11-9-13)21-17-7-5-6-16(19)15(17)12-20/h5-12H,4H2,1-3H3. The van der Waals surface area contributed by atoms with Crippen LogP contribution in [0.5, 0.6) is 11.5 Å². The van der Waals surface area contributed by atoms with Gasteiger partial charge >= 0.3 is 0 Å². The first-order valence-corrected chi connectivity index (χ1v) is 7.38. The Morgan fingerprint density at radius 3 is 2.38 bits per heavy atom. The number of ether oxygens (including phenoxy) is 1. The molecule has 2 aromatic rings. The summed E-state index contributed by atoms with van der Waals surface area (Å²) >= 11 is 5.99. The van der Waals surface area contributed by atoms with E-state index in [-0.39, 0.29) is 5.41 Å². The van der Waals surface area contributed by atoms with Crippen LogP contribution in [0.3, 0.4) is 0 Å². The molecule has 0 N–H and O–H groups in total. The van der Waals surface area contributed by atoms with Crippen LogP contribution >= 0.6 is 11.6 Å². The summed E-state index contributed by atoms with van der Waals surface area (Å²) in [5.41, 5.74) is 1.78. The van der Waals surface area contributed by atoms with Crippen molar-refractivity contribution in [3.8, 4) is 11.5 Å². The molecule has 3 heteroatoms. The molecule has 0 aliphatic heterocycles. The number of benzene rings is 2. The number of carbonyl (C=O) groups is 1. The zero-order chi connectivity index (χ0) is 15.5. The molecule has 0 aliphatic rings. The monoisotopic (exact) mass is 302 g/mol. The minimum absolute atomic E-state index is 0.141. The fourth-order valence-electron chi connectivity index (χ4n) is 2.03. The van der Waals surface area contributed by atoms with Crippen molar-refractivity contribution in [1.82, 2.24) is 0 Å². The van der Waals surface area contributed by atoms with E-state index < -0.39 is 0 Å². The Morgan fingerprint density at radius 1 is 1.14 bits per heavy atom. The highest BCUT2D eigenvalue weighted by Gasteiger charge is 2.17. The van der Waals surface area contributed by atoms with Gasteiger partial charge in [-0.05, 0) is 41.7 Å². The van der Waals surface area contributed by atoms with E-state index in [0.29, 0.717) is 28.4 Å². The minimum Gasteiger partial charge on any atom is -0.457 e. The van der Waals surface area contributed by atoms with Crippen molar-refractivity contribution in [2.45, 2.75) is 32.6 Å². The fourth-order valence-corrected chi connectivity index (χ4v) is 2.24. The van der Waals surface area contributed by atoms with Gasteiger partial charge in [-0.1, -0.05) is 50.6 Å². The van der Waals surface area contributed by atoms with Crippen LogP contribution in [0.2, 0.25) is 5.02 Å². The minimum atomic E-state index is 0.141. The van der Waals surface area contributed by atoms with Crippen LogP contribution in [0.1, 0.15) is 43.1 Å². The number of aldehydes is 1. The summed E-state index contributed by atoms with van der Waals surface area (Å²) < 4.78 is 5.77. The van der Waals surface area contributed by atoms with Crippen LogP contribution in [0, 0.1) is 0 Å². The molecule has 0 bridgehead atoms. The van der Waals surface area contributed by atoms with Gasteiger partial charge in [0.1, 0.15) is 11.5 Å². The molecule has 21 heavy (non-hydrogen) atoms. The van der Waals surface area contributed by atoms with Crippen LogP contribution in [-0.4, -0.2) is 6.29 Å². The van der Waals surface area contributed by atoms with Gasteiger partial charge in [0.25, 0.3) is 0 Å². The van der Waals surface area contributed by atoms with Gasteiger partial charge in [-0.25, -0.2) is 0 Å². The van der Waals surface area contributed by atoms with Gasteiger partial charge in [-0.3, -0.25) is 4.79 Å². The second kappa shape index (κ2) is 6.31. The summed E-state index contributed by atoms with van der Waals surface area (Å²) in [6.45, 7) is 6.60. The van der Waals surface area contributed by atoms with Crippen molar-refractivity contribution >= 4 is 17.9 Å². The predicted octanol–water partition coefficient (Wildman–Crippen LogP) is 5.63. The van der Waals surface area contributed by atoms with Crippen molar-refractivity contribution in [3.05, 3.63) is 58.6 Å². The van der Waals surface area contributed by atoms with Gasteiger partial charge in [0, 0.05) is 0 Å². The van der Waals surface area contributed by atoms with Gasteiger partial charge < -0.3 is 4.74 Å². The Kier molecular flexibility index (Phi) is 4.69. The summed E-state index contributed by atoms with van der Waals surface area (Å²) in [6.07, 6.45) is 1.78. The van der Waals surface area contributed by atoms with E-state index in [1.807, 2.05) is 12.1 Å². The molecule has 0 saturated carbocycles. The summed E-state index contributed by atoms with van der Waals surface area (Å²) in [5, 5.41) is 0.395. The molecule has 0 aliphatic carbocycles. The maximum absolute atomic E-state index is 11.1. The van der Waals surface area contributed by atoms with Crippen LogP contribution in [0.15, 0.2) is 42.5 Å². The third-order valence-corrected chi connectivity index (χ3v) is 4.21. The smallest absolute Gasteiger partial charge is 0.155 e. The van der Waals surface area contributed by atoms with Crippen molar-refractivity contribution in [2.75, 3.05) is 0 Å². The summed E-state index contributed by atoms with van der Waals surface area (Å²) in [4.78, 5) is 11.1. The van der Waals surface area contributed by atoms with Crippen molar-refractivity contribution < 1.29 is 9.53 Å². The highest BCUT2D eigenvalue weighted by Crippen LogP contribution is 2.32. The number of hydrogen-bond acceptors (Lipinski definition) is 2. The highest BCUT2D eigenvalue weighted by molar-refractivity contribution is 6.33. The summed E-state index contributed by atoms with van der Waals surface area (Å²) in [5.74, 6) is 1.16. The lowest BCUT2D eigenvalue weighted by molar-refractivity contribution is 0.112. The SMILES string of the molecule is CCC(C)(C)c1ccc(Oc2cccc(Cl)c2C=O)cc1. The van der Waals surface area contributed by atoms with Crippen LogP contribution in [0.4, 0.5) is 0 Å². The second-order valence-electron chi connectivity index (χ2n) is 5.63. The maximum atomic E-state index is 11.1. The molecule has 0 amide bonds. The zero-order valence-electron chi connectivity index (χ0n) is 12.5. The Balaban J connectivity index is 2.26. The van der Waals surface area contributed by atoms with E-state index in [0.717, 1.165) is 6.42 Å². The van der Waals surface area contributed by atoms with Crippen molar-refractivity contribution in [1.29, 1.82) is 0 Å². The quantitative estimate of drug-likeness (QED) is 0.669. The number of rotatable bonds is 5. The molecule has 2 aromatic carbocycles. The Labute approximate surface area is 130 Å². The molecule has 0 atom stereocenters. The predicted molar refractivity (Wildman–Crippen MR) is 86.7 cm³/mol. The number of carbonyl (C=O) groups excluding carboxylic acids is 1. The van der Waals surface area contributed by atoms with E-state index in [1.54, 1.807) is 18.2 Å². The molecule has 2 nitrogen and oxygen atoms in total. The van der Waals surface area contributed by atoms with Crippen LogP contribution < -0.4 is 4.74 Å². The van der Waals surface area contributed by atoms with E-state index in [2.05, 4.69) is 32.9 Å². The Bertz CT molecular complexity index is 630. The van der Waals surface area contributed by atoms with Gasteiger partial charge in [-0.15, -0.1) is 0 Å². The number of halogens is 1. The topological polar surface area (TPSA) is 26.3 Å². The van der Waals surface area contributed by atoms with Crippen LogP contribution in [0.25, 0.3) is 0 Å². The maximum Gasteiger partial charge on any atom is 0.155 e.